The fourth-order valence-electron chi connectivity index (χ4n) is 2.44. The fraction of sp³-hybridized carbons (Fsp3) is 0.462. The summed E-state index contributed by atoms with van der Waals surface area (Å²) in [7, 11) is 0. The van der Waals surface area contributed by atoms with E-state index in [1.165, 1.54) is 0 Å². The van der Waals surface area contributed by atoms with Crippen LogP contribution in [0.25, 0.3) is 0 Å². The quantitative estimate of drug-likeness (QED) is 0.632. The lowest BCUT2D eigenvalue weighted by Gasteiger charge is -2.25. The predicted octanol–water partition coefficient (Wildman–Crippen LogP) is 2.53. The molecule has 4 heteroatoms. The van der Waals surface area contributed by atoms with E-state index in [2.05, 4.69) is 0 Å². The number of hydrogen-bond donors (Lipinski definition) is 1. The van der Waals surface area contributed by atoms with E-state index in [0.717, 1.165) is 15.4 Å². The van der Waals surface area contributed by atoms with Gasteiger partial charge in [0.15, 0.2) is 5.71 Å². The van der Waals surface area contributed by atoms with Gasteiger partial charge in [-0.25, -0.2) is 0 Å². The maximum Gasteiger partial charge on any atom is 0.267 e. The van der Waals surface area contributed by atoms with Crippen LogP contribution in [0, 0.1) is 5.21 Å². The van der Waals surface area contributed by atoms with Gasteiger partial charge in [0.25, 0.3) is 6.17 Å². The van der Waals surface area contributed by atoms with Gasteiger partial charge in [-0.05, 0) is 13.8 Å². The maximum absolute atomic E-state index is 12.2. The van der Waals surface area contributed by atoms with Crippen molar-refractivity contribution in [3.05, 3.63) is 41.1 Å². The Labute approximate surface area is 101 Å². The average molecular weight is 234 g/mol. The van der Waals surface area contributed by atoms with Crippen molar-refractivity contribution in [2.45, 2.75) is 38.9 Å². The Kier molecular flexibility index (Phi) is 2.93. The van der Waals surface area contributed by atoms with Crippen molar-refractivity contribution >= 4 is 5.71 Å². The minimum atomic E-state index is -0.638. The van der Waals surface area contributed by atoms with Gasteiger partial charge in [0.1, 0.15) is 5.54 Å². The highest BCUT2D eigenvalue weighted by molar-refractivity contribution is 5.89. The summed E-state index contributed by atoms with van der Waals surface area (Å²) in [6.07, 6.45) is -0.00202. The minimum Gasteiger partial charge on any atom is -0.622 e. The molecule has 0 spiro atoms. The third kappa shape index (κ3) is 1.73. The first-order valence-electron chi connectivity index (χ1n) is 5.86. The zero-order chi connectivity index (χ0) is 12.6. The summed E-state index contributed by atoms with van der Waals surface area (Å²) >= 11 is 0. The lowest BCUT2D eigenvalue weighted by molar-refractivity contribution is -0.545. The Bertz CT molecular complexity index is 440. The summed E-state index contributed by atoms with van der Waals surface area (Å²) in [4.78, 5) is 0. The van der Waals surface area contributed by atoms with Crippen molar-refractivity contribution in [1.29, 1.82) is 0 Å². The van der Waals surface area contributed by atoms with E-state index < -0.39 is 11.7 Å². The van der Waals surface area contributed by atoms with Crippen molar-refractivity contribution in [2.24, 2.45) is 0 Å². The van der Waals surface area contributed by atoms with Gasteiger partial charge in [0.05, 0.1) is 0 Å². The molecule has 1 atom stereocenters. The highest BCUT2D eigenvalue weighted by Crippen LogP contribution is 2.35. The van der Waals surface area contributed by atoms with Crippen molar-refractivity contribution in [3.8, 4) is 0 Å². The van der Waals surface area contributed by atoms with Crippen LogP contribution in [0.4, 0.5) is 0 Å². The monoisotopic (exact) mass is 234 g/mol. The van der Waals surface area contributed by atoms with Gasteiger partial charge in [-0.15, -0.1) is 5.06 Å². The summed E-state index contributed by atoms with van der Waals surface area (Å²) in [5.74, 6) is 0. The van der Waals surface area contributed by atoms with Crippen molar-refractivity contribution < 1.29 is 9.95 Å². The zero-order valence-electron chi connectivity index (χ0n) is 10.4. The van der Waals surface area contributed by atoms with Gasteiger partial charge >= 0.3 is 0 Å². The molecular weight excluding hydrogens is 216 g/mol. The molecule has 0 radical (unpaired) electrons. The fourth-order valence-corrected chi connectivity index (χ4v) is 2.44. The number of benzene rings is 1. The summed E-state index contributed by atoms with van der Waals surface area (Å²) < 4.78 is 0.926. The van der Waals surface area contributed by atoms with Crippen LogP contribution in [0.2, 0.25) is 0 Å². The Morgan fingerprint density at radius 1 is 1.35 bits per heavy atom. The first-order valence-corrected chi connectivity index (χ1v) is 5.86. The van der Waals surface area contributed by atoms with Gasteiger partial charge in [-0.2, -0.15) is 4.74 Å². The molecular formula is C13H18N2O2. The van der Waals surface area contributed by atoms with Crippen molar-refractivity contribution in [3.63, 3.8) is 0 Å². The molecule has 1 aromatic carbocycles. The Morgan fingerprint density at radius 2 is 1.94 bits per heavy atom. The molecule has 0 fully saturated rings. The van der Waals surface area contributed by atoms with Crippen molar-refractivity contribution in [1.82, 2.24) is 5.06 Å². The first-order chi connectivity index (χ1) is 8.00. The lowest BCUT2D eigenvalue weighted by Crippen LogP contribution is -2.43. The molecule has 0 saturated heterocycles. The summed E-state index contributed by atoms with van der Waals surface area (Å²) in [5.41, 5.74) is 0.896. The number of nitrogens with zero attached hydrogens (tertiary/aromatic N) is 2. The molecule has 1 heterocycles. The van der Waals surface area contributed by atoms with Crippen LogP contribution in [0.5, 0.6) is 0 Å². The lowest BCUT2D eigenvalue weighted by atomic mass is 9.97. The van der Waals surface area contributed by atoms with E-state index >= 15 is 0 Å². The van der Waals surface area contributed by atoms with Gasteiger partial charge in [-0.1, -0.05) is 37.3 Å². The minimum absolute atomic E-state index is 0.614. The number of rotatable bonds is 2. The van der Waals surface area contributed by atoms with Crippen LogP contribution in [-0.2, 0) is 0 Å². The van der Waals surface area contributed by atoms with E-state index in [1.54, 1.807) is 0 Å². The van der Waals surface area contributed by atoms with E-state index in [9.17, 15) is 10.4 Å². The van der Waals surface area contributed by atoms with Crippen LogP contribution in [0.15, 0.2) is 30.3 Å². The number of hydrogen-bond acceptors (Lipinski definition) is 3. The molecule has 2 rings (SSSR count). The molecule has 1 aliphatic rings. The van der Waals surface area contributed by atoms with Gasteiger partial charge in [0, 0.05) is 12.0 Å². The average Bonchev–Trinajstić information content (AvgIpc) is 2.47. The van der Waals surface area contributed by atoms with E-state index in [-0.39, 0.29) is 0 Å². The number of hydroxylamine groups is 3. The van der Waals surface area contributed by atoms with E-state index in [1.807, 2.05) is 51.1 Å². The Hall–Kier alpha value is -1.39. The Balaban J connectivity index is 2.48. The molecule has 1 N–H and O–H groups in total. The van der Waals surface area contributed by atoms with Crippen LogP contribution >= 0.6 is 0 Å². The van der Waals surface area contributed by atoms with Crippen LogP contribution in [0.3, 0.4) is 0 Å². The Morgan fingerprint density at radius 3 is 2.41 bits per heavy atom. The maximum atomic E-state index is 12.2. The van der Waals surface area contributed by atoms with Crippen LogP contribution in [0.1, 0.15) is 38.9 Å². The van der Waals surface area contributed by atoms with E-state index in [4.69, 9.17) is 0 Å². The predicted molar refractivity (Wildman–Crippen MR) is 65.8 cm³/mol. The van der Waals surface area contributed by atoms with Crippen LogP contribution in [-0.4, -0.2) is 26.3 Å². The highest BCUT2D eigenvalue weighted by Gasteiger charge is 2.50. The molecule has 0 aliphatic carbocycles. The molecule has 4 nitrogen and oxygen atoms in total. The SMILES string of the molecule is CCC1=[N+]([O-])[C@@H](c2ccccc2)N(O)C1(C)C. The summed E-state index contributed by atoms with van der Waals surface area (Å²) in [5, 5.41) is 23.6. The third-order valence-electron chi connectivity index (χ3n) is 3.43. The van der Waals surface area contributed by atoms with Gasteiger partial charge < -0.3 is 10.4 Å². The molecule has 1 aromatic rings. The molecule has 17 heavy (non-hydrogen) atoms. The topological polar surface area (TPSA) is 49.5 Å². The molecule has 92 valence electrons. The van der Waals surface area contributed by atoms with Crippen molar-refractivity contribution in [2.75, 3.05) is 0 Å². The standard InChI is InChI=1S/C13H18N2O2/c1-4-11-13(2,3)15(17)12(14(11)16)10-8-6-5-7-9-10/h5-9,12,17H,4H2,1-3H3/t12-/m1/s1. The summed E-state index contributed by atoms with van der Waals surface area (Å²) in [6, 6.07) is 9.34. The zero-order valence-corrected chi connectivity index (χ0v) is 10.4. The van der Waals surface area contributed by atoms with Gasteiger partial charge in [0.2, 0.25) is 0 Å². The highest BCUT2D eigenvalue weighted by atomic mass is 16.5. The second kappa shape index (κ2) is 4.13. The molecule has 0 amide bonds. The van der Waals surface area contributed by atoms with Gasteiger partial charge in [-0.3, -0.25) is 0 Å². The van der Waals surface area contributed by atoms with E-state index in [0.29, 0.717) is 12.1 Å². The van der Waals surface area contributed by atoms with Crippen LogP contribution < -0.4 is 0 Å². The molecule has 0 aromatic heterocycles. The first kappa shape index (κ1) is 12.1. The second-order valence-corrected chi connectivity index (χ2v) is 4.81. The normalized spacial score (nSPS) is 24.4. The molecule has 0 unspecified atom stereocenters. The smallest absolute Gasteiger partial charge is 0.267 e. The molecule has 1 aliphatic heterocycles. The second-order valence-electron chi connectivity index (χ2n) is 4.81. The molecule has 0 saturated carbocycles. The third-order valence-corrected chi connectivity index (χ3v) is 3.43. The largest absolute Gasteiger partial charge is 0.622 e. The summed E-state index contributed by atoms with van der Waals surface area (Å²) in [6.45, 7) is 5.66. The molecule has 0 bridgehead atoms.